The lowest BCUT2D eigenvalue weighted by molar-refractivity contribution is -0.210. The lowest BCUT2D eigenvalue weighted by Crippen LogP contribution is -2.62. The summed E-state index contributed by atoms with van der Waals surface area (Å²) in [4.78, 5) is 35.7. The molecule has 8 nitrogen and oxygen atoms in total. The van der Waals surface area contributed by atoms with Crippen LogP contribution in [0.5, 0.6) is 0 Å². The molecule has 228 valence electrons. The number of carboxylic acid groups (broad SMARTS) is 2. The van der Waals surface area contributed by atoms with Crippen LogP contribution in [0.4, 0.5) is 0 Å². The van der Waals surface area contributed by atoms with Gasteiger partial charge in [0.15, 0.2) is 0 Å². The summed E-state index contributed by atoms with van der Waals surface area (Å²) in [5.41, 5.74) is -0.934. The van der Waals surface area contributed by atoms with Gasteiger partial charge in [-0.2, -0.15) is 0 Å². The Hall–Kier alpha value is -1.67. The zero-order valence-electron chi connectivity index (χ0n) is 25.3. The van der Waals surface area contributed by atoms with E-state index in [0.29, 0.717) is 32.1 Å². The minimum atomic E-state index is -1.01. The number of aliphatic hydroxyl groups excluding tert-OH is 2. The number of aliphatic hydroxyl groups is 2. The molecule has 4 aliphatic carbocycles. The van der Waals surface area contributed by atoms with Crippen LogP contribution in [-0.4, -0.2) is 56.6 Å². The standard InChI is InChI=1S/C32H52O8/c1-17(7-10-26(35)36)20-8-9-21-28-22(15-25(34)32(20,21)6)31(5)12-11-19(13-18(31)14-24(28)33)40-29(39)23(16-27(37)38)30(2,3)4/h17-25,28,33-34H,7-16H2,1-6H3,(H,35,36)(H,37,38)/t17-,18+,19-,20-,21+,22+,23?,24-,25+,28+,31+,32-/m1/s1. The predicted molar refractivity (Wildman–Crippen MR) is 149 cm³/mol. The molecule has 4 rings (SSSR count). The summed E-state index contributed by atoms with van der Waals surface area (Å²) >= 11 is 0. The molecule has 0 aromatic heterocycles. The lowest BCUT2D eigenvalue weighted by Gasteiger charge is -2.63. The molecule has 0 saturated heterocycles. The summed E-state index contributed by atoms with van der Waals surface area (Å²) in [6.07, 6.45) is 4.60. The Morgan fingerprint density at radius 1 is 0.950 bits per heavy atom. The van der Waals surface area contributed by atoms with Crippen molar-refractivity contribution in [3.63, 3.8) is 0 Å². The van der Waals surface area contributed by atoms with Gasteiger partial charge in [0.25, 0.3) is 0 Å². The summed E-state index contributed by atoms with van der Waals surface area (Å²) in [5.74, 6) is -1.89. The molecule has 8 heteroatoms. The molecule has 0 bridgehead atoms. The Bertz CT molecular complexity index is 972. The van der Waals surface area contributed by atoms with Crippen molar-refractivity contribution in [3.05, 3.63) is 0 Å². The van der Waals surface area contributed by atoms with E-state index in [2.05, 4.69) is 20.8 Å². The fraction of sp³-hybridized carbons (Fsp3) is 0.906. The van der Waals surface area contributed by atoms with E-state index >= 15 is 0 Å². The molecule has 4 aliphatic rings. The second kappa shape index (κ2) is 11.2. The second-order valence-corrected chi connectivity index (χ2v) is 15.4. The maximum Gasteiger partial charge on any atom is 0.310 e. The molecule has 4 saturated carbocycles. The molecule has 4 N–H and O–H groups in total. The Kier molecular flexibility index (Phi) is 8.75. The van der Waals surface area contributed by atoms with Gasteiger partial charge in [0, 0.05) is 6.42 Å². The van der Waals surface area contributed by atoms with Gasteiger partial charge in [0.1, 0.15) is 6.10 Å². The molecular weight excluding hydrogens is 512 g/mol. The van der Waals surface area contributed by atoms with Crippen LogP contribution in [0.3, 0.4) is 0 Å². The van der Waals surface area contributed by atoms with Crippen LogP contribution in [0.15, 0.2) is 0 Å². The Morgan fingerprint density at radius 3 is 2.23 bits per heavy atom. The lowest BCUT2D eigenvalue weighted by atomic mass is 9.43. The Balaban J connectivity index is 1.49. The summed E-state index contributed by atoms with van der Waals surface area (Å²) in [5, 5.41) is 41.9. The van der Waals surface area contributed by atoms with E-state index in [1.54, 1.807) is 0 Å². The number of hydrogen-bond acceptors (Lipinski definition) is 6. The highest BCUT2D eigenvalue weighted by Gasteiger charge is 2.65. The number of ether oxygens (including phenoxy) is 1. The minimum absolute atomic E-state index is 0.0768. The summed E-state index contributed by atoms with van der Waals surface area (Å²) in [6.45, 7) is 12.2. The number of aliphatic carboxylic acids is 2. The van der Waals surface area contributed by atoms with Crippen molar-refractivity contribution in [2.75, 3.05) is 0 Å². The number of fused-ring (bicyclic) bond motifs is 5. The third kappa shape index (κ3) is 5.56. The number of carbonyl (C=O) groups is 3. The molecule has 12 atom stereocenters. The van der Waals surface area contributed by atoms with Gasteiger partial charge in [-0.15, -0.1) is 0 Å². The maximum atomic E-state index is 13.1. The van der Waals surface area contributed by atoms with Crippen molar-refractivity contribution in [2.24, 2.45) is 57.7 Å². The summed E-state index contributed by atoms with van der Waals surface area (Å²) in [7, 11) is 0. The SMILES string of the molecule is C[C@H](CCC(=O)O)[C@H]1CC[C@H]2[C@@H]3[C@H](O)C[C@@H]4C[C@H](OC(=O)C(CC(=O)O)C(C)(C)C)CC[C@]4(C)[C@H]3C[C@H](O)[C@]12C. The van der Waals surface area contributed by atoms with Crippen LogP contribution in [0.2, 0.25) is 0 Å². The first-order valence-electron chi connectivity index (χ1n) is 15.5. The predicted octanol–water partition coefficient (Wildman–Crippen LogP) is 5.14. The Labute approximate surface area is 239 Å². The van der Waals surface area contributed by atoms with Crippen molar-refractivity contribution in [3.8, 4) is 0 Å². The molecule has 0 spiro atoms. The van der Waals surface area contributed by atoms with Gasteiger partial charge < -0.3 is 25.2 Å². The molecule has 0 amide bonds. The van der Waals surface area contributed by atoms with Crippen molar-refractivity contribution in [1.29, 1.82) is 0 Å². The van der Waals surface area contributed by atoms with Gasteiger partial charge >= 0.3 is 17.9 Å². The van der Waals surface area contributed by atoms with Crippen molar-refractivity contribution < 1.29 is 39.5 Å². The van der Waals surface area contributed by atoms with Crippen LogP contribution in [0.25, 0.3) is 0 Å². The largest absolute Gasteiger partial charge is 0.481 e. The zero-order chi connectivity index (χ0) is 29.8. The number of hydrogen-bond donors (Lipinski definition) is 4. The van der Waals surface area contributed by atoms with E-state index in [0.717, 1.165) is 19.3 Å². The average molecular weight is 565 g/mol. The second-order valence-electron chi connectivity index (χ2n) is 15.4. The van der Waals surface area contributed by atoms with Crippen LogP contribution >= 0.6 is 0 Å². The van der Waals surface area contributed by atoms with E-state index in [9.17, 15) is 34.8 Å². The molecule has 0 radical (unpaired) electrons. The first-order chi connectivity index (χ1) is 18.5. The van der Waals surface area contributed by atoms with E-state index in [1.165, 1.54) is 0 Å². The van der Waals surface area contributed by atoms with Gasteiger partial charge in [0.2, 0.25) is 0 Å². The van der Waals surface area contributed by atoms with Crippen LogP contribution in [0, 0.1) is 57.7 Å². The minimum Gasteiger partial charge on any atom is -0.481 e. The number of esters is 1. The first kappa shape index (κ1) is 31.3. The molecule has 0 aliphatic heterocycles. The van der Waals surface area contributed by atoms with Crippen molar-refractivity contribution >= 4 is 17.9 Å². The highest BCUT2D eigenvalue weighted by atomic mass is 16.5. The van der Waals surface area contributed by atoms with Gasteiger partial charge in [-0.3, -0.25) is 14.4 Å². The van der Waals surface area contributed by atoms with E-state index in [-0.39, 0.29) is 65.3 Å². The van der Waals surface area contributed by atoms with Gasteiger partial charge in [0.05, 0.1) is 24.5 Å². The van der Waals surface area contributed by atoms with Gasteiger partial charge in [-0.1, -0.05) is 41.5 Å². The summed E-state index contributed by atoms with van der Waals surface area (Å²) < 4.78 is 5.96. The highest BCUT2D eigenvalue weighted by Crippen LogP contribution is 2.68. The van der Waals surface area contributed by atoms with Crippen LogP contribution in [0.1, 0.15) is 106 Å². The number of carbonyl (C=O) groups excluding carboxylic acids is 1. The van der Waals surface area contributed by atoms with Gasteiger partial charge in [-0.05, 0) is 103 Å². The average Bonchev–Trinajstić information content (AvgIpc) is 3.20. The quantitative estimate of drug-likeness (QED) is 0.297. The van der Waals surface area contributed by atoms with Crippen molar-refractivity contribution in [2.45, 2.75) is 124 Å². The highest BCUT2D eigenvalue weighted by molar-refractivity contribution is 5.79. The zero-order valence-corrected chi connectivity index (χ0v) is 25.3. The molecule has 1 unspecified atom stereocenters. The molecule has 0 heterocycles. The van der Waals surface area contributed by atoms with Crippen molar-refractivity contribution in [1.82, 2.24) is 0 Å². The van der Waals surface area contributed by atoms with Crippen LogP contribution in [-0.2, 0) is 19.1 Å². The number of rotatable bonds is 8. The van der Waals surface area contributed by atoms with E-state index < -0.39 is 41.4 Å². The van der Waals surface area contributed by atoms with Crippen LogP contribution < -0.4 is 0 Å². The number of carboxylic acids is 2. The van der Waals surface area contributed by atoms with Gasteiger partial charge in [-0.25, -0.2) is 0 Å². The smallest absolute Gasteiger partial charge is 0.310 e. The van der Waals surface area contributed by atoms with E-state index in [1.807, 2.05) is 20.8 Å². The normalized spacial score (nSPS) is 42.6. The topological polar surface area (TPSA) is 141 Å². The maximum absolute atomic E-state index is 13.1. The molecule has 4 fully saturated rings. The molecule has 0 aromatic carbocycles. The molecule has 40 heavy (non-hydrogen) atoms. The first-order valence-corrected chi connectivity index (χ1v) is 15.5. The third-order valence-electron chi connectivity index (χ3n) is 12.3. The third-order valence-corrected chi connectivity index (χ3v) is 12.3. The molecule has 0 aromatic rings. The summed E-state index contributed by atoms with van der Waals surface area (Å²) in [6, 6.07) is 0. The Morgan fingerprint density at radius 2 is 1.62 bits per heavy atom. The fourth-order valence-corrected chi connectivity index (χ4v) is 9.94. The fourth-order valence-electron chi connectivity index (χ4n) is 9.94. The van der Waals surface area contributed by atoms with E-state index in [4.69, 9.17) is 4.74 Å². The monoisotopic (exact) mass is 564 g/mol. The molecular formula is C32H52O8.